The second-order valence-electron chi connectivity index (χ2n) is 4.90. The quantitative estimate of drug-likeness (QED) is 0.903. The van der Waals surface area contributed by atoms with Crippen molar-refractivity contribution in [2.45, 2.75) is 26.0 Å². The van der Waals surface area contributed by atoms with Crippen LogP contribution < -0.4 is 5.32 Å². The van der Waals surface area contributed by atoms with Gasteiger partial charge in [0.15, 0.2) is 6.10 Å². The molecule has 0 aliphatic heterocycles. The molecule has 0 spiro atoms. The van der Waals surface area contributed by atoms with Gasteiger partial charge in [0.2, 0.25) is 0 Å². The number of nitrogens with one attached hydrogen (secondary N) is 1. The Labute approximate surface area is 132 Å². The standard InChI is InChI=1S/C14H15Cl2N3O2/c1-8(2)19-7-12(6-17-19)18-14(21)13(20)9-3-10(15)5-11(16)4-9/h3-8,13,20H,1-2H3,(H,18,21)/t13-/m1/s1. The van der Waals surface area contributed by atoms with Crippen molar-refractivity contribution in [3.8, 4) is 0 Å². The summed E-state index contributed by atoms with van der Waals surface area (Å²) in [6.45, 7) is 3.95. The summed E-state index contributed by atoms with van der Waals surface area (Å²) in [4.78, 5) is 12.0. The van der Waals surface area contributed by atoms with Gasteiger partial charge < -0.3 is 10.4 Å². The van der Waals surface area contributed by atoms with Gasteiger partial charge in [-0.15, -0.1) is 0 Å². The van der Waals surface area contributed by atoms with Crippen LogP contribution in [-0.2, 0) is 4.79 Å². The molecule has 2 rings (SSSR count). The van der Waals surface area contributed by atoms with Crippen LogP contribution in [0.4, 0.5) is 5.69 Å². The largest absolute Gasteiger partial charge is 0.378 e. The van der Waals surface area contributed by atoms with E-state index in [2.05, 4.69) is 10.4 Å². The molecule has 1 heterocycles. The molecule has 1 amide bonds. The molecule has 1 aromatic carbocycles. The Morgan fingerprint density at radius 2 is 1.90 bits per heavy atom. The van der Waals surface area contributed by atoms with Crippen LogP contribution in [0.3, 0.4) is 0 Å². The highest BCUT2D eigenvalue weighted by molar-refractivity contribution is 6.34. The van der Waals surface area contributed by atoms with E-state index < -0.39 is 12.0 Å². The second kappa shape index (κ2) is 6.47. The molecule has 0 aliphatic carbocycles. The van der Waals surface area contributed by atoms with Crippen molar-refractivity contribution >= 4 is 34.8 Å². The number of benzene rings is 1. The van der Waals surface area contributed by atoms with E-state index in [4.69, 9.17) is 23.2 Å². The zero-order chi connectivity index (χ0) is 15.6. The van der Waals surface area contributed by atoms with Crippen molar-refractivity contribution in [1.82, 2.24) is 9.78 Å². The highest BCUT2D eigenvalue weighted by atomic mass is 35.5. The Bertz CT molecular complexity index is 635. The van der Waals surface area contributed by atoms with Crippen molar-refractivity contribution in [3.63, 3.8) is 0 Å². The molecule has 0 unspecified atom stereocenters. The number of rotatable bonds is 4. The predicted molar refractivity (Wildman–Crippen MR) is 82.7 cm³/mol. The molecule has 0 bridgehead atoms. The van der Waals surface area contributed by atoms with Gasteiger partial charge in [0.05, 0.1) is 11.9 Å². The molecule has 0 aliphatic rings. The minimum atomic E-state index is -1.36. The number of aliphatic hydroxyl groups is 1. The lowest BCUT2D eigenvalue weighted by molar-refractivity contribution is -0.124. The molecule has 0 saturated heterocycles. The summed E-state index contributed by atoms with van der Waals surface area (Å²) in [7, 11) is 0. The fourth-order valence-corrected chi connectivity index (χ4v) is 2.32. The van der Waals surface area contributed by atoms with Crippen LogP contribution in [0.25, 0.3) is 0 Å². The van der Waals surface area contributed by atoms with Gasteiger partial charge in [-0.25, -0.2) is 0 Å². The van der Waals surface area contributed by atoms with Crippen LogP contribution in [0, 0.1) is 0 Å². The lowest BCUT2D eigenvalue weighted by Gasteiger charge is -2.11. The van der Waals surface area contributed by atoms with Crippen molar-refractivity contribution < 1.29 is 9.90 Å². The summed E-state index contributed by atoms with van der Waals surface area (Å²) in [5.74, 6) is -0.573. The van der Waals surface area contributed by atoms with Gasteiger partial charge in [0, 0.05) is 22.3 Å². The molecule has 21 heavy (non-hydrogen) atoms. The zero-order valence-corrected chi connectivity index (χ0v) is 13.1. The van der Waals surface area contributed by atoms with Crippen molar-refractivity contribution in [3.05, 3.63) is 46.2 Å². The number of anilines is 1. The second-order valence-corrected chi connectivity index (χ2v) is 5.77. The van der Waals surface area contributed by atoms with Crippen molar-refractivity contribution in [2.75, 3.05) is 5.32 Å². The van der Waals surface area contributed by atoms with Crippen molar-refractivity contribution in [2.24, 2.45) is 0 Å². The number of amides is 1. The molecule has 112 valence electrons. The van der Waals surface area contributed by atoms with E-state index in [0.717, 1.165) is 0 Å². The van der Waals surface area contributed by atoms with E-state index in [9.17, 15) is 9.90 Å². The first-order chi connectivity index (χ1) is 9.86. The van der Waals surface area contributed by atoms with Crippen molar-refractivity contribution in [1.29, 1.82) is 0 Å². The van der Waals surface area contributed by atoms with Crippen LogP contribution >= 0.6 is 23.2 Å². The van der Waals surface area contributed by atoms with E-state index in [0.29, 0.717) is 21.3 Å². The lowest BCUT2D eigenvalue weighted by atomic mass is 10.1. The molecule has 0 saturated carbocycles. The van der Waals surface area contributed by atoms with E-state index in [-0.39, 0.29) is 6.04 Å². The Morgan fingerprint density at radius 3 is 2.43 bits per heavy atom. The smallest absolute Gasteiger partial charge is 0.257 e. The Hall–Kier alpha value is -1.56. The summed E-state index contributed by atoms with van der Waals surface area (Å²) >= 11 is 11.7. The van der Waals surface area contributed by atoms with Gasteiger partial charge in [-0.05, 0) is 37.6 Å². The zero-order valence-electron chi connectivity index (χ0n) is 11.5. The molecule has 2 aromatic rings. The minimum Gasteiger partial charge on any atom is -0.378 e. The maximum absolute atomic E-state index is 12.0. The maximum Gasteiger partial charge on any atom is 0.257 e. The first-order valence-corrected chi connectivity index (χ1v) is 7.11. The number of carbonyl (C=O) groups excluding carboxylic acids is 1. The summed E-state index contributed by atoms with van der Waals surface area (Å²) in [5, 5.41) is 17.5. The summed E-state index contributed by atoms with van der Waals surface area (Å²) in [6.07, 6.45) is 1.86. The van der Waals surface area contributed by atoms with E-state index in [1.807, 2.05) is 13.8 Å². The van der Waals surface area contributed by atoms with E-state index in [1.165, 1.54) is 24.4 Å². The predicted octanol–water partition coefficient (Wildman–Crippen LogP) is 3.44. The Morgan fingerprint density at radius 1 is 1.29 bits per heavy atom. The number of aromatic nitrogens is 2. The average Bonchev–Trinajstić information content (AvgIpc) is 2.85. The van der Waals surface area contributed by atoms with E-state index >= 15 is 0 Å². The first-order valence-electron chi connectivity index (χ1n) is 6.36. The number of nitrogens with zero attached hydrogens (tertiary/aromatic N) is 2. The molecule has 0 fully saturated rings. The summed E-state index contributed by atoms with van der Waals surface area (Å²) in [5.41, 5.74) is 0.849. The topological polar surface area (TPSA) is 67.2 Å². The number of halogens is 2. The molecule has 1 aromatic heterocycles. The fourth-order valence-electron chi connectivity index (χ4n) is 1.78. The van der Waals surface area contributed by atoms with Gasteiger partial charge in [-0.2, -0.15) is 5.10 Å². The number of hydrogen-bond donors (Lipinski definition) is 2. The highest BCUT2D eigenvalue weighted by Crippen LogP contribution is 2.24. The SMILES string of the molecule is CC(C)n1cc(NC(=O)[C@H](O)c2cc(Cl)cc(Cl)c2)cn1. The Balaban J connectivity index is 2.11. The van der Waals surface area contributed by atoms with Gasteiger partial charge in [0.1, 0.15) is 0 Å². The van der Waals surface area contributed by atoms with E-state index in [1.54, 1.807) is 10.9 Å². The third kappa shape index (κ3) is 3.97. The maximum atomic E-state index is 12.0. The van der Waals surface area contributed by atoms with Gasteiger partial charge in [-0.3, -0.25) is 9.48 Å². The van der Waals surface area contributed by atoms with Crippen LogP contribution in [0.5, 0.6) is 0 Å². The van der Waals surface area contributed by atoms with Crippen LogP contribution in [-0.4, -0.2) is 20.8 Å². The van der Waals surface area contributed by atoms with Crippen LogP contribution in [0.15, 0.2) is 30.6 Å². The number of carbonyl (C=O) groups is 1. The summed E-state index contributed by atoms with van der Waals surface area (Å²) in [6, 6.07) is 4.71. The molecule has 7 heteroatoms. The normalized spacial score (nSPS) is 12.5. The Kier molecular flexibility index (Phi) is 4.88. The number of hydrogen-bond acceptors (Lipinski definition) is 3. The molecule has 5 nitrogen and oxygen atoms in total. The van der Waals surface area contributed by atoms with Gasteiger partial charge >= 0.3 is 0 Å². The molecular weight excluding hydrogens is 313 g/mol. The summed E-state index contributed by atoms with van der Waals surface area (Å²) < 4.78 is 1.71. The van der Waals surface area contributed by atoms with Gasteiger partial charge in [-0.1, -0.05) is 23.2 Å². The van der Waals surface area contributed by atoms with Crippen LogP contribution in [0.1, 0.15) is 31.6 Å². The average molecular weight is 328 g/mol. The number of aliphatic hydroxyl groups excluding tert-OH is 1. The first kappa shape index (κ1) is 15.8. The lowest BCUT2D eigenvalue weighted by Crippen LogP contribution is -2.20. The van der Waals surface area contributed by atoms with Crippen LogP contribution in [0.2, 0.25) is 10.0 Å². The fraction of sp³-hybridized carbons (Fsp3) is 0.286. The highest BCUT2D eigenvalue weighted by Gasteiger charge is 2.19. The molecule has 1 atom stereocenters. The third-order valence-corrected chi connectivity index (χ3v) is 3.28. The monoisotopic (exact) mass is 327 g/mol. The third-order valence-electron chi connectivity index (χ3n) is 2.85. The molecule has 2 N–H and O–H groups in total. The molecule has 0 radical (unpaired) electrons. The minimum absolute atomic E-state index is 0.187. The molecular formula is C14H15Cl2N3O2. The van der Waals surface area contributed by atoms with Gasteiger partial charge in [0.25, 0.3) is 5.91 Å².